The van der Waals surface area contributed by atoms with Crippen molar-refractivity contribution >= 4 is 57.6 Å². The molecule has 2 N–H and O–H groups in total. The molecule has 5 heteroatoms. The average molecular weight is 422 g/mol. The van der Waals surface area contributed by atoms with Crippen LogP contribution in [0.5, 0.6) is 0 Å². The van der Waals surface area contributed by atoms with Crippen LogP contribution >= 0.6 is 34.8 Å². The fourth-order valence-corrected chi connectivity index (χ4v) is 2.28. The summed E-state index contributed by atoms with van der Waals surface area (Å²) >= 11 is 7.34. The first-order valence-corrected chi connectivity index (χ1v) is 8.14. The van der Waals surface area contributed by atoms with Gasteiger partial charge in [0.25, 0.3) is 0 Å². The molecule has 0 fully saturated rings. The van der Waals surface area contributed by atoms with Crippen LogP contribution < -0.4 is 10.6 Å². The summed E-state index contributed by atoms with van der Waals surface area (Å²) in [5.74, 6) is -0.261. The summed E-state index contributed by atoms with van der Waals surface area (Å²) in [6.45, 7) is 2.02. The summed E-state index contributed by atoms with van der Waals surface area (Å²) in [6.07, 6.45) is 3.22. The summed E-state index contributed by atoms with van der Waals surface area (Å²) in [7, 11) is 0. The van der Waals surface area contributed by atoms with Crippen LogP contribution in [0.2, 0.25) is 0 Å². The van der Waals surface area contributed by atoms with Crippen LogP contribution in [0.15, 0.2) is 54.6 Å². The van der Waals surface area contributed by atoms with Crippen molar-refractivity contribution in [2.24, 2.45) is 0 Å². The zero-order valence-corrected chi connectivity index (χ0v) is 14.9. The number of nitrogens with one attached hydrogen (secondary N) is 2. The molecule has 2 aromatic rings. The second-order valence-electron chi connectivity index (χ2n) is 4.69. The van der Waals surface area contributed by atoms with Crippen molar-refractivity contribution in [3.05, 3.63) is 69.3 Å². The fraction of sp³-hybridized carbons (Fsp3) is 0.0588. The molecular weight excluding hydrogens is 407 g/mol. The Balaban J connectivity index is 1.87. The lowest BCUT2D eigenvalue weighted by molar-refractivity contribution is -0.115. The molecule has 0 spiro atoms. The fourth-order valence-electron chi connectivity index (χ4n) is 1.70. The predicted octanol–water partition coefficient (Wildman–Crippen LogP) is 4.13. The number of aryl methyl sites for hydroxylation is 1. The van der Waals surface area contributed by atoms with E-state index in [9.17, 15) is 4.79 Å². The second kappa shape index (κ2) is 8.05. The molecule has 0 aliphatic carbocycles. The topological polar surface area (TPSA) is 41.1 Å². The summed E-state index contributed by atoms with van der Waals surface area (Å²) in [6, 6.07) is 15.7. The van der Waals surface area contributed by atoms with Crippen molar-refractivity contribution in [3.63, 3.8) is 0 Å². The van der Waals surface area contributed by atoms with E-state index in [0.29, 0.717) is 0 Å². The Morgan fingerprint density at radius 3 is 2.36 bits per heavy atom. The number of amides is 1. The maximum atomic E-state index is 11.8. The van der Waals surface area contributed by atoms with Crippen molar-refractivity contribution in [2.75, 3.05) is 5.32 Å². The molecule has 0 unspecified atom stereocenters. The first-order chi connectivity index (χ1) is 10.5. The number of carbonyl (C=O) groups excluding carboxylic acids is 1. The van der Waals surface area contributed by atoms with Crippen LogP contribution in [0.3, 0.4) is 0 Å². The maximum Gasteiger partial charge on any atom is 0.250 e. The third kappa shape index (κ3) is 5.57. The number of hydrogen-bond acceptors (Lipinski definition) is 2. The molecule has 0 saturated heterocycles. The van der Waals surface area contributed by atoms with E-state index in [1.165, 1.54) is 11.6 Å². The first-order valence-electron chi connectivity index (χ1n) is 6.65. The van der Waals surface area contributed by atoms with Crippen molar-refractivity contribution in [3.8, 4) is 0 Å². The van der Waals surface area contributed by atoms with E-state index in [0.717, 1.165) is 14.8 Å². The lowest BCUT2D eigenvalue weighted by Crippen LogP contribution is -2.32. The summed E-state index contributed by atoms with van der Waals surface area (Å²) in [4.78, 5) is 11.8. The molecule has 0 atom stereocenters. The SMILES string of the molecule is Cc1ccc(C=CC(=O)NC(=S)Nc2ccc(I)cc2)cc1. The number of benzene rings is 2. The Morgan fingerprint density at radius 2 is 1.73 bits per heavy atom. The molecule has 112 valence electrons. The van der Waals surface area contributed by atoms with Crippen molar-refractivity contribution < 1.29 is 4.79 Å². The molecule has 0 aliphatic rings. The smallest absolute Gasteiger partial charge is 0.250 e. The lowest BCUT2D eigenvalue weighted by Gasteiger charge is -2.08. The third-order valence-electron chi connectivity index (χ3n) is 2.84. The lowest BCUT2D eigenvalue weighted by atomic mass is 10.1. The molecule has 0 radical (unpaired) electrons. The van der Waals surface area contributed by atoms with Gasteiger partial charge in [-0.05, 0) is 77.6 Å². The third-order valence-corrected chi connectivity index (χ3v) is 3.77. The van der Waals surface area contributed by atoms with Crippen molar-refractivity contribution in [2.45, 2.75) is 6.92 Å². The molecule has 0 aromatic heterocycles. The quantitative estimate of drug-likeness (QED) is 0.444. The minimum Gasteiger partial charge on any atom is -0.332 e. The van der Waals surface area contributed by atoms with E-state index < -0.39 is 0 Å². The van der Waals surface area contributed by atoms with Gasteiger partial charge in [-0.25, -0.2) is 0 Å². The molecule has 2 aromatic carbocycles. The number of rotatable bonds is 3. The molecule has 0 heterocycles. The van der Waals surface area contributed by atoms with E-state index in [2.05, 4.69) is 33.2 Å². The van der Waals surface area contributed by atoms with Gasteiger partial charge in [-0.3, -0.25) is 10.1 Å². The predicted molar refractivity (Wildman–Crippen MR) is 104 cm³/mol. The molecule has 0 saturated carbocycles. The summed E-state index contributed by atoms with van der Waals surface area (Å²) in [5, 5.41) is 5.86. The molecule has 0 aliphatic heterocycles. The monoisotopic (exact) mass is 422 g/mol. The molecule has 2 rings (SSSR count). The van der Waals surface area contributed by atoms with Gasteiger partial charge in [0.2, 0.25) is 5.91 Å². The van der Waals surface area contributed by atoms with E-state index in [1.54, 1.807) is 6.08 Å². The van der Waals surface area contributed by atoms with E-state index in [-0.39, 0.29) is 11.0 Å². The molecule has 1 amide bonds. The van der Waals surface area contributed by atoms with Crippen LogP contribution in [-0.2, 0) is 4.79 Å². The molecule has 22 heavy (non-hydrogen) atoms. The number of anilines is 1. The maximum absolute atomic E-state index is 11.8. The molecular formula is C17H15IN2OS. The van der Waals surface area contributed by atoms with Gasteiger partial charge in [0.05, 0.1) is 0 Å². The highest BCUT2D eigenvalue weighted by molar-refractivity contribution is 14.1. The van der Waals surface area contributed by atoms with E-state index in [1.807, 2.05) is 55.5 Å². The Labute approximate surface area is 149 Å². The normalized spacial score (nSPS) is 10.5. The Kier molecular flexibility index (Phi) is 6.09. The highest BCUT2D eigenvalue weighted by atomic mass is 127. The number of halogens is 1. The van der Waals surface area contributed by atoms with E-state index in [4.69, 9.17) is 12.2 Å². The number of carbonyl (C=O) groups is 1. The zero-order valence-electron chi connectivity index (χ0n) is 12.0. The standard InChI is InChI=1S/C17H15IN2OS/c1-12-2-4-13(5-3-12)6-11-16(21)20-17(22)19-15-9-7-14(18)8-10-15/h2-11H,1H3,(H2,19,20,21,22). The van der Waals surface area contributed by atoms with Crippen LogP contribution in [0, 0.1) is 10.5 Å². The van der Waals surface area contributed by atoms with Gasteiger partial charge in [-0.15, -0.1) is 0 Å². The van der Waals surface area contributed by atoms with Crippen LogP contribution in [0.1, 0.15) is 11.1 Å². The molecule has 0 bridgehead atoms. The van der Waals surface area contributed by atoms with Gasteiger partial charge >= 0.3 is 0 Å². The van der Waals surface area contributed by atoms with Gasteiger partial charge < -0.3 is 5.32 Å². The highest BCUT2D eigenvalue weighted by Gasteiger charge is 2.01. The number of hydrogen-bond donors (Lipinski definition) is 2. The Morgan fingerprint density at radius 1 is 1.09 bits per heavy atom. The average Bonchev–Trinajstić information content (AvgIpc) is 2.49. The number of thiocarbonyl (C=S) groups is 1. The minimum absolute atomic E-state index is 0.261. The van der Waals surface area contributed by atoms with Gasteiger partial charge in [0.15, 0.2) is 5.11 Å². The van der Waals surface area contributed by atoms with Crippen LogP contribution in [0.25, 0.3) is 6.08 Å². The zero-order chi connectivity index (χ0) is 15.9. The first kappa shape index (κ1) is 16.6. The van der Waals surface area contributed by atoms with Gasteiger partial charge in [0, 0.05) is 15.3 Å². The Hall–Kier alpha value is -1.73. The van der Waals surface area contributed by atoms with Gasteiger partial charge in [0.1, 0.15) is 0 Å². The molecule has 3 nitrogen and oxygen atoms in total. The van der Waals surface area contributed by atoms with Crippen LogP contribution in [0.4, 0.5) is 5.69 Å². The Bertz CT molecular complexity index is 694. The van der Waals surface area contributed by atoms with Crippen molar-refractivity contribution in [1.29, 1.82) is 0 Å². The van der Waals surface area contributed by atoms with Crippen LogP contribution in [-0.4, -0.2) is 11.0 Å². The minimum atomic E-state index is -0.261. The highest BCUT2D eigenvalue weighted by Crippen LogP contribution is 2.10. The summed E-state index contributed by atoms with van der Waals surface area (Å²) < 4.78 is 1.14. The van der Waals surface area contributed by atoms with Crippen molar-refractivity contribution in [1.82, 2.24) is 5.32 Å². The van der Waals surface area contributed by atoms with Gasteiger partial charge in [-0.2, -0.15) is 0 Å². The van der Waals surface area contributed by atoms with Gasteiger partial charge in [-0.1, -0.05) is 29.8 Å². The second-order valence-corrected chi connectivity index (χ2v) is 6.35. The van der Waals surface area contributed by atoms with E-state index >= 15 is 0 Å². The summed E-state index contributed by atoms with van der Waals surface area (Å²) in [5.41, 5.74) is 3.00. The largest absolute Gasteiger partial charge is 0.332 e.